The van der Waals surface area contributed by atoms with Crippen LogP contribution in [0.15, 0.2) is 60.7 Å². The van der Waals surface area contributed by atoms with Crippen molar-refractivity contribution >= 4 is 31.5 Å². The van der Waals surface area contributed by atoms with E-state index in [0.29, 0.717) is 0 Å². The molecular weight excluding hydrogens is 284 g/mol. The summed E-state index contributed by atoms with van der Waals surface area (Å²) in [7, 11) is 0. The Morgan fingerprint density at radius 3 is 2.45 bits per heavy atom. The Balaban J connectivity index is 2.03. The third-order valence-corrected chi connectivity index (χ3v) is 5.61. The van der Waals surface area contributed by atoms with Gasteiger partial charge in [-0.25, -0.2) is 0 Å². The zero-order chi connectivity index (χ0) is 15.1. The number of fused-ring (bicyclic) bond motifs is 3. The van der Waals surface area contributed by atoms with Crippen LogP contribution in [0.3, 0.4) is 0 Å². The van der Waals surface area contributed by atoms with Crippen LogP contribution in [0.5, 0.6) is 0 Å². The standard InChI is InChI=1S/C21H18S/c1-3-15-11-12-16(14(2)13-15)18-8-6-9-19-17-7-4-5-10-20(17)22-21(18)19/h4-13H,3H2,1-2H3. The molecule has 0 atom stereocenters. The molecule has 1 heterocycles. The lowest BCUT2D eigenvalue weighted by Crippen LogP contribution is -1.87. The Hall–Kier alpha value is -2.12. The Kier molecular flexibility index (Phi) is 3.24. The van der Waals surface area contributed by atoms with Crippen molar-refractivity contribution in [2.75, 3.05) is 0 Å². The summed E-state index contributed by atoms with van der Waals surface area (Å²) in [6, 6.07) is 22.2. The molecule has 0 aliphatic rings. The van der Waals surface area contributed by atoms with E-state index < -0.39 is 0 Å². The number of aryl methyl sites for hydroxylation is 2. The fourth-order valence-electron chi connectivity index (χ4n) is 3.21. The van der Waals surface area contributed by atoms with Gasteiger partial charge in [-0.3, -0.25) is 0 Å². The first kappa shape index (κ1) is 13.5. The van der Waals surface area contributed by atoms with Crippen LogP contribution in [-0.4, -0.2) is 0 Å². The molecule has 0 aliphatic heterocycles. The predicted molar refractivity (Wildman–Crippen MR) is 98.9 cm³/mol. The first-order valence-electron chi connectivity index (χ1n) is 7.78. The maximum absolute atomic E-state index is 2.32. The van der Waals surface area contributed by atoms with Crippen molar-refractivity contribution in [2.24, 2.45) is 0 Å². The van der Waals surface area contributed by atoms with E-state index >= 15 is 0 Å². The molecule has 0 bridgehead atoms. The minimum atomic E-state index is 1.09. The quantitative estimate of drug-likeness (QED) is 0.391. The van der Waals surface area contributed by atoms with Gasteiger partial charge < -0.3 is 0 Å². The minimum absolute atomic E-state index is 1.09. The van der Waals surface area contributed by atoms with Crippen LogP contribution in [0.2, 0.25) is 0 Å². The second-order valence-electron chi connectivity index (χ2n) is 5.78. The number of hydrogen-bond donors (Lipinski definition) is 0. The Morgan fingerprint density at radius 2 is 1.64 bits per heavy atom. The van der Waals surface area contributed by atoms with Crippen molar-refractivity contribution in [1.29, 1.82) is 0 Å². The molecule has 0 spiro atoms. The van der Waals surface area contributed by atoms with Crippen LogP contribution in [0.1, 0.15) is 18.1 Å². The van der Waals surface area contributed by atoms with E-state index in [1.165, 1.54) is 42.4 Å². The molecule has 22 heavy (non-hydrogen) atoms. The minimum Gasteiger partial charge on any atom is -0.135 e. The zero-order valence-corrected chi connectivity index (χ0v) is 13.7. The van der Waals surface area contributed by atoms with Crippen LogP contribution in [-0.2, 0) is 6.42 Å². The highest BCUT2D eigenvalue weighted by Crippen LogP contribution is 2.40. The van der Waals surface area contributed by atoms with Crippen LogP contribution < -0.4 is 0 Å². The zero-order valence-electron chi connectivity index (χ0n) is 12.9. The van der Waals surface area contributed by atoms with E-state index in [1.54, 1.807) is 0 Å². The summed E-state index contributed by atoms with van der Waals surface area (Å²) < 4.78 is 2.77. The molecule has 1 heteroatoms. The molecule has 1 aromatic heterocycles. The normalized spacial score (nSPS) is 11.4. The molecule has 3 aromatic carbocycles. The number of hydrogen-bond acceptors (Lipinski definition) is 1. The molecule has 0 N–H and O–H groups in total. The van der Waals surface area contributed by atoms with Gasteiger partial charge in [-0.1, -0.05) is 61.5 Å². The maximum Gasteiger partial charge on any atom is 0.0433 e. The van der Waals surface area contributed by atoms with Crippen molar-refractivity contribution in [1.82, 2.24) is 0 Å². The van der Waals surface area contributed by atoms with Gasteiger partial charge in [0.15, 0.2) is 0 Å². The van der Waals surface area contributed by atoms with Crippen LogP contribution >= 0.6 is 11.3 Å². The number of rotatable bonds is 2. The predicted octanol–water partition coefficient (Wildman–Crippen LogP) is 6.59. The summed E-state index contributed by atoms with van der Waals surface area (Å²) in [5, 5.41) is 2.74. The molecule has 4 aromatic rings. The maximum atomic E-state index is 2.32. The fourth-order valence-corrected chi connectivity index (χ4v) is 4.44. The van der Waals surface area contributed by atoms with Gasteiger partial charge in [0, 0.05) is 20.2 Å². The summed E-state index contributed by atoms with van der Waals surface area (Å²) in [5.41, 5.74) is 5.49. The van der Waals surface area contributed by atoms with Crippen molar-refractivity contribution < 1.29 is 0 Å². The highest BCUT2D eigenvalue weighted by molar-refractivity contribution is 7.26. The van der Waals surface area contributed by atoms with Crippen LogP contribution in [0.25, 0.3) is 31.3 Å². The lowest BCUT2D eigenvalue weighted by Gasteiger charge is -2.09. The third kappa shape index (κ3) is 2.05. The molecule has 0 saturated carbocycles. The fraction of sp³-hybridized carbons (Fsp3) is 0.143. The molecule has 4 rings (SSSR count). The van der Waals surface area contributed by atoms with Gasteiger partial charge in [-0.05, 0) is 41.7 Å². The van der Waals surface area contributed by atoms with E-state index in [0.717, 1.165) is 6.42 Å². The molecule has 0 aliphatic carbocycles. The van der Waals surface area contributed by atoms with Gasteiger partial charge in [0.25, 0.3) is 0 Å². The molecule has 0 nitrogen and oxygen atoms in total. The van der Waals surface area contributed by atoms with Crippen molar-refractivity contribution in [3.05, 3.63) is 71.8 Å². The lowest BCUT2D eigenvalue weighted by molar-refractivity contribution is 1.13. The van der Waals surface area contributed by atoms with Crippen molar-refractivity contribution in [3.63, 3.8) is 0 Å². The van der Waals surface area contributed by atoms with Gasteiger partial charge in [-0.2, -0.15) is 0 Å². The largest absolute Gasteiger partial charge is 0.135 e. The Labute approximate surface area is 135 Å². The summed E-state index contributed by atoms with van der Waals surface area (Å²) in [5.74, 6) is 0. The summed E-state index contributed by atoms with van der Waals surface area (Å²) in [6.07, 6.45) is 1.09. The molecule has 0 unspecified atom stereocenters. The van der Waals surface area contributed by atoms with Crippen molar-refractivity contribution in [2.45, 2.75) is 20.3 Å². The summed E-state index contributed by atoms with van der Waals surface area (Å²) in [6.45, 7) is 4.43. The topological polar surface area (TPSA) is 0 Å². The van der Waals surface area contributed by atoms with E-state index in [9.17, 15) is 0 Å². The van der Waals surface area contributed by atoms with Gasteiger partial charge >= 0.3 is 0 Å². The average Bonchev–Trinajstić information content (AvgIpc) is 2.93. The first-order valence-corrected chi connectivity index (χ1v) is 8.59. The molecular formula is C21H18S. The highest BCUT2D eigenvalue weighted by Gasteiger charge is 2.11. The van der Waals surface area contributed by atoms with Gasteiger partial charge in [0.1, 0.15) is 0 Å². The number of thiophene rings is 1. The first-order chi connectivity index (χ1) is 10.8. The third-order valence-electron chi connectivity index (χ3n) is 4.39. The molecule has 0 amide bonds. The average molecular weight is 302 g/mol. The monoisotopic (exact) mass is 302 g/mol. The van der Waals surface area contributed by atoms with Crippen LogP contribution in [0.4, 0.5) is 0 Å². The molecule has 0 fully saturated rings. The lowest BCUT2D eigenvalue weighted by atomic mass is 9.96. The van der Waals surface area contributed by atoms with E-state index in [-0.39, 0.29) is 0 Å². The number of benzene rings is 3. The van der Waals surface area contributed by atoms with Gasteiger partial charge in [-0.15, -0.1) is 11.3 Å². The Morgan fingerprint density at radius 1 is 0.818 bits per heavy atom. The van der Waals surface area contributed by atoms with Gasteiger partial charge in [0.05, 0.1) is 0 Å². The van der Waals surface area contributed by atoms with Crippen LogP contribution in [0, 0.1) is 6.92 Å². The Bertz CT molecular complexity index is 976. The second kappa shape index (κ2) is 5.26. The van der Waals surface area contributed by atoms with Crippen molar-refractivity contribution in [3.8, 4) is 11.1 Å². The summed E-state index contributed by atoms with van der Waals surface area (Å²) in [4.78, 5) is 0. The molecule has 0 saturated heterocycles. The molecule has 0 radical (unpaired) electrons. The smallest absolute Gasteiger partial charge is 0.0433 e. The molecule has 108 valence electrons. The van der Waals surface area contributed by atoms with E-state index in [2.05, 4.69) is 74.5 Å². The van der Waals surface area contributed by atoms with Gasteiger partial charge in [0.2, 0.25) is 0 Å². The summed E-state index contributed by atoms with van der Waals surface area (Å²) >= 11 is 1.90. The highest BCUT2D eigenvalue weighted by atomic mass is 32.1. The van der Waals surface area contributed by atoms with E-state index in [4.69, 9.17) is 0 Å². The second-order valence-corrected chi connectivity index (χ2v) is 6.84. The SMILES string of the molecule is CCc1ccc(-c2cccc3c2sc2ccccc23)c(C)c1. The van der Waals surface area contributed by atoms with E-state index in [1.807, 2.05) is 11.3 Å².